The fourth-order valence-electron chi connectivity index (χ4n) is 1.45. The van der Waals surface area contributed by atoms with Crippen molar-refractivity contribution in [1.82, 2.24) is 10.2 Å². The first kappa shape index (κ1) is 15.0. The van der Waals surface area contributed by atoms with Crippen molar-refractivity contribution in [2.75, 3.05) is 5.32 Å². The van der Waals surface area contributed by atoms with Gasteiger partial charge in [-0.15, -0.1) is 0 Å². The summed E-state index contributed by atoms with van der Waals surface area (Å²) in [5.74, 6) is -0.799. The number of nitrogens with one attached hydrogen (secondary N) is 2. The van der Waals surface area contributed by atoms with Crippen LogP contribution in [0.1, 0.15) is 16.1 Å². The number of nitrogens with zero attached hydrogens (tertiary/aromatic N) is 1. The van der Waals surface area contributed by atoms with Gasteiger partial charge in [0.2, 0.25) is 0 Å². The SMILES string of the molecule is O=C(Nc1cc(C(F)(F)F)ccc1Cl)c1ccc(=O)[nH]n1. The van der Waals surface area contributed by atoms with Gasteiger partial charge >= 0.3 is 6.18 Å². The second-order valence-corrected chi connectivity index (χ2v) is 4.36. The lowest BCUT2D eigenvalue weighted by Crippen LogP contribution is -2.18. The lowest BCUT2D eigenvalue weighted by atomic mass is 10.2. The van der Waals surface area contributed by atoms with Gasteiger partial charge in [0.1, 0.15) is 5.69 Å². The molecule has 1 aromatic heterocycles. The summed E-state index contributed by atoms with van der Waals surface area (Å²) in [7, 11) is 0. The highest BCUT2D eigenvalue weighted by atomic mass is 35.5. The highest BCUT2D eigenvalue weighted by Gasteiger charge is 2.31. The molecule has 0 spiro atoms. The zero-order valence-electron chi connectivity index (χ0n) is 10.2. The number of amides is 1. The van der Waals surface area contributed by atoms with Crippen LogP contribution in [0.4, 0.5) is 18.9 Å². The molecule has 1 aromatic carbocycles. The molecule has 0 radical (unpaired) electrons. The van der Waals surface area contributed by atoms with Crippen LogP contribution in [0.5, 0.6) is 0 Å². The number of carbonyl (C=O) groups excluding carboxylic acids is 1. The second kappa shape index (κ2) is 5.57. The summed E-state index contributed by atoms with van der Waals surface area (Å²) in [4.78, 5) is 22.6. The summed E-state index contributed by atoms with van der Waals surface area (Å²) in [5, 5.41) is 7.65. The van der Waals surface area contributed by atoms with Crippen LogP contribution in [0.15, 0.2) is 35.1 Å². The maximum Gasteiger partial charge on any atom is 0.416 e. The molecule has 0 unspecified atom stereocenters. The summed E-state index contributed by atoms with van der Waals surface area (Å²) in [6, 6.07) is 4.74. The molecule has 0 saturated carbocycles. The van der Waals surface area contributed by atoms with E-state index in [1.165, 1.54) is 0 Å². The zero-order valence-corrected chi connectivity index (χ0v) is 10.9. The van der Waals surface area contributed by atoms with Crippen LogP contribution in [0.25, 0.3) is 0 Å². The molecule has 21 heavy (non-hydrogen) atoms. The van der Waals surface area contributed by atoms with E-state index in [1.807, 2.05) is 5.10 Å². The van der Waals surface area contributed by atoms with Crippen LogP contribution < -0.4 is 10.9 Å². The van der Waals surface area contributed by atoms with E-state index in [0.29, 0.717) is 6.07 Å². The van der Waals surface area contributed by atoms with Gasteiger partial charge in [-0.1, -0.05) is 11.6 Å². The van der Waals surface area contributed by atoms with Crippen molar-refractivity contribution in [3.8, 4) is 0 Å². The maximum atomic E-state index is 12.6. The number of halogens is 4. The number of alkyl halides is 3. The molecule has 1 heterocycles. The number of benzene rings is 1. The van der Waals surface area contributed by atoms with E-state index >= 15 is 0 Å². The minimum atomic E-state index is -4.56. The summed E-state index contributed by atoms with van der Waals surface area (Å²) < 4.78 is 37.8. The molecule has 0 fully saturated rings. The standard InChI is InChI=1S/C12H7ClF3N3O2/c13-7-2-1-6(12(14,15)16)5-9(7)17-11(21)8-3-4-10(20)19-18-8/h1-5H,(H,17,21)(H,19,20). The molecule has 0 saturated heterocycles. The van der Waals surface area contributed by atoms with Gasteiger partial charge in [0, 0.05) is 6.07 Å². The summed E-state index contributed by atoms with van der Waals surface area (Å²) in [5.41, 5.74) is -1.83. The van der Waals surface area contributed by atoms with Gasteiger partial charge in [0.05, 0.1) is 16.3 Å². The fourth-order valence-corrected chi connectivity index (χ4v) is 1.62. The second-order valence-electron chi connectivity index (χ2n) is 3.95. The first-order valence-electron chi connectivity index (χ1n) is 5.51. The van der Waals surface area contributed by atoms with E-state index in [0.717, 1.165) is 24.3 Å². The largest absolute Gasteiger partial charge is 0.416 e. The molecular formula is C12H7ClF3N3O2. The van der Waals surface area contributed by atoms with E-state index in [-0.39, 0.29) is 16.4 Å². The Morgan fingerprint density at radius 1 is 1.24 bits per heavy atom. The first-order valence-corrected chi connectivity index (χ1v) is 5.89. The van der Waals surface area contributed by atoms with Crippen LogP contribution >= 0.6 is 11.6 Å². The van der Waals surface area contributed by atoms with E-state index in [1.54, 1.807) is 0 Å². The number of rotatable bonds is 2. The smallest absolute Gasteiger partial charge is 0.319 e. The Balaban J connectivity index is 2.28. The van der Waals surface area contributed by atoms with Gasteiger partial charge in [-0.05, 0) is 24.3 Å². The van der Waals surface area contributed by atoms with Gasteiger partial charge in [0.15, 0.2) is 0 Å². The highest BCUT2D eigenvalue weighted by molar-refractivity contribution is 6.33. The number of hydrogen-bond acceptors (Lipinski definition) is 3. The molecular weight excluding hydrogens is 311 g/mol. The molecule has 2 N–H and O–H groups in total. The Kier molecular flexibility index (Phi) is 3.99. The maximum absolute atomic E-state index is 12.6. The lowest BCUT2D eigenvalue weighted by molar-refractivity contribution is -0.137. The Hall–Kier alpha value is -2.35. The average Bonchev–Trinajstić information content (AvgIpc) is 2.40. The summed E-state index contributed by atoms with van der Waals surface area (Å²) >= 11 is 5.74. The van der Waals surface area contributed by atoms with E-state index in [9.17, 15) is 22.8 Å². The first-order chi connectivity index (χ1) is 9.77. The van der Waals surface area contributed by atoms with Gasteiger partial charge in [-0.3, -0.25) is 9.59 Å². The Morgan fingerprint density at radius 2 is 1.95 bits per heavy atom. The molecule has 0 aliphatic rings. The molecule has 1 amide bonds. The molecule has 110 valence electrons. The molecule has 0 aliphatic heterocycles. The minimum Gasteiger partial charge on any atom is -0.319 e. The molecule has 9 heteroatoms. The monoisotopic (exact) mass is 317 g/mol. The Labute approximate surface area is 120 Å². The Bertz CT molecular complexity index is 723. The molecule has 0 bridgehead atoms. The molecule has 0 aliphatic carbocycles. The van der Waals surface area contributed by atoms with Crippen molar-refractivity contribution in [2.45, 2.75) is 6.18 Å². The average molecular weight is 318 g/mol. The third kappa shape index (κ3) is 3.60. The van der Waals surface area contributed by atoms with Gasteiger partial charge in [0.25, 0.3) is 11.5 Å². The third-order valence-electron chi connectivity index (χ3n) is 2.45. The number of hydrogen-bond donors (Lipinski definition) is 2. The zero-order chi connectivity index (χ0) is 15.6. The topological polar surface area (TPSA) is 74.8 Å². The van der Waals surface area contributed by atoms with Crippen molar-refractivity contribution in [3.63, 3.8) is 0 Å². The van der Waals surface area contributed by atoms with Crippen molar-refractivity contribution in [3.05, 3.63) is 57.0 Å². The predicted octanol–water partition coefficient (Wildman–Crippen LogP) is 2.69. The van der Waals surface area contributed by atoms with Crippen molar-refractivity contribution in [1.29, 1.82) is 0 Å². The van der Waals surface area contributed by atoms with Crippen LogP contribution in [0.2, 0.25) is 5.02 Å². The quantitative estimate of drug-likeness (QED) is 0.894. The van der Waals surface area contributed by atoms with Crippen molar-refractivity contribution < 1.29 is 18.0 Å². The van der Waals surface area contributed by atoms with E-state index in [4.69, 9.17) is 11.6 Å². The van der Waals surface area contributed by atoms with Crippen LogP contribution in [0.3, 0.4) is 0 Å². The summed E-state index contributed by atoms with van der Waals surface area (Å²) in [6.45, 7) is 0. The number of aromatic nitrogens is 2. The van der Waals surface area contributed by atoms with Gasteiger partial charge in [-0.25, -0.2) is 5.10 Å². The Morgan fingerprint density at radius 3 is 2.52 bits per heavy atom. The highest BCUT2D eigenvalue weighted by Crippen LogP contribution is 2.33. The van der Waals surface area contributed by atoms with Gasteiger partial charge < -0.3 is 5.32 Å². The number of aromatic amines is 1. The number of anilines is 1. The van der Waals surface area contributed by atoms with E-state index in [2.05, 4.69) is 10.4 Å². The van der Waals surface area contributed by atoms with Gasteiger partial charge in [-0.2, -0.15) is 18.3 Å². The molecule has 0 atom stereocenters. The number of carbonyl (C=O) groups is 1. The predicted molar refractivity (Wildman–Crippen MR) is 69.3 cm³/mol. The molecule has 2 aromatic rings. The third-order valence-corrected chi connectivity index (χ3v) is 2.78. The van der Waals surface area contributed by atoms with E-state index < -0.39 is 23.2 Å². The normalized spacial score (nSPS) is 11.2. The van der Waals surface area contributed by atoms with Crippen molar-refractivity contribution in [2.24, 2.45) is 0 Å². The van der Waals surface area contributed by atoms with Crippen molar-refractivity contribution >= 4 is 23.2 Å². The van der Waals surface area contributed by atoms with Crippen LogP contribution in [-0.2, 0) is 6.18 Å². The lowest BCUT2D eigenvalue weighted by Gasteiger charge is -2.11. The van der Waals surface area contributed by atoms with Crippen LogP contribution in [0, 0.1) is 0 Å². The fraction of sp³-hybridized carbons (Fsp3) is 0.0833. The van der Waals surface area contributed by atoms with Crippen LogP contribution in [-0.4, -0.2) is 16.1 Å². The number of H-pyrrole nitrogens is 1. The summed E-state index contributed by atoms with van der Waals surface area (Å²) in [6.07, 6.45) is -4.56. The minimum absolute atomic E-state index is 0.0548. The molecule has 5 nitrogen and oxygen atoms in total. The molecule has 2 rings (SSSR count).